The molecule has 0 saturated carbocycles. The van der Waals surface area contributed by atoms with Crippen LogP contribution in [0.2, 0.25) is 0 Å². The van der Waals surface area contributed by atoms with Gasteiger partial charge in [-0.05, 0) is 25.9 Å². The van der Waals surface area contributed by atoms with Crippen LogP contribution in [0.5, 0.6) is 0 Å². The van der Waals surface area contributed by atoms with E-state index < -0.39 is 0 Å². The number of nitrogens with one attached hydrogen (secondary N) is 1. The van der Waals surface area contributed by atoms with Crippen LogP contribution in [0.4, 0.5) is 0 Å². The first kappa shape index (κ1) is 13.3. The molecular formula is C13H27N3O. The van der Waals surface area contributed by atoms with Crippen LogP contribution < -0.4 is 5.32 Å². The Morgan fingerprint density at radius 1 is 1.18 bits per heavy atom. The minimum atomic E-state index is 0.782. The molecule has 4 nitrogen and oxygen atoms in total. The van der Waals surface area contributed by atoms with Crippen molar-refractivity contribution in [2.24, 2.45) is 0 Å². The molecule has 0 aliphatic carbocycles. The van der Waals surface area contributed by atoms with Gasteiger partial charge in [-0.2, -0.15) is 0 Å². The van der Waals surface area contributed by atoms with Crippen LogP contribution in [-0.4, -0.2) is 74.9 Å². The maximum Gasteiger partial charge on any atom is 0.0594 e. The third kappa shape index (κ3) is 4.21. The first-order valence-electron chi connectivity index (χ1n) is 7.15. The molecule has 2 heterocycles. The van der Waals surface area contributed by atoms with Gasteiger partial charge >= 0.3 is 0 Å². The average molecular weight is 241 g/mol. The molecule has 0 aromatic heterocycles. The molecule has 1 atom stereocenters. The van der Waals surface area contributed by atoms with Crippen molar-refractivity contribution >= 4 is 0 Å². The van der Waals surface area contributed by atoms with E-state index in [0.717, 1.165) is 45.4 Å². The molecule has 0 aromatic rings. The lowest BCUT2D eigenvalue weighted by Gasteiger charge is -2.32. The Kier molecular flexibility index (Phi) is 5.71. The zero-order valence-corrected chi connectivity index (χ0v) is 11.2. The lowest BCUT2D eigenvalue weighted by molar-refractivity contribution is 0.0185. The maximum atomic E-state index is 5.41. The number of hydrogen-bond acceptors (Lipinski definition) is 4. The summed E-state index contributed by atoms with van der Waals surface area (Å²) in [4.78, 5) is 5.21. The molecule has 1 unspecified atom stereocenters. The lowest BCUT2D eigenvalue weighted by atomic mass is 10.2. The monoisotopic (exact) mass is 241 g/mol. The fourth-order valence-corrected chi connectivity index (χ4v) is 2.79. The SMILES string of the molecule is CCCNCCN1CCC(N2CCOCC2)C1. The summed E-state index contributed by atoms with van der Waals surface area (Å²) in [6.45, 7) is 12.4. The van der Waals surface area contributed by atoms with Crippen LogP contribution in [0.25, 0.3) is 0 Å². The van der Waals surface area contributed by atoms with E-state index in [0.29, 0.717) is 0 Å². The van der Waals surface area contributed by atoms with Gasteiger partial charge in [0.15, 0.2) is 0 Å². The highest BCUT2D eigenvalue weighted by atomic mass is 16.5. The normalized spacial score (nSPS) is 27.7. The van der Waals surface area contributed by atoms with Gasteiger partial charge in [0.05, 0.1) is 13.2 Å². The molecule has 0 aromatic carbocycles. The maximum absolute atomic E-state index is 5.41. The van der Waals surface area contributed by atoms with Crippen LogP contribution >= 0.6 is 0 Å². The number of morpholine rings is 1. The van der Waals surface area contributed by atoms with Gasteiger partial charge < -0.3 is 15.0 Å². The number of likely N-dealkylation sites (tertiary alicyclic amines) is 1. The van der Waals surface area contributed by atoms with Gasteiger partial charge in [-0.15, -0.1) is 0 Å². The van der Waals surface area contributed by atoms with Gasteiger partial charge in [0.2, 0.25) is 0 Å². The summed E-state index contributed by atoms with van der Waals surface area (Å²) >= 11 is 0. The second-order valence-corrected chi connectivity index (χ2v) is 5.14. The summed E-state index contributed by atoms with van der Waals surface area (Å²) in [5.74, 6) is 0. The second kappa shape index (κ2) is 7.31. The number of hydrogen-bond donors (Lipinski definition) is 1. The average Bonchev–Trinajstić information content (AvgIpc) is 2.85. The largest absolute Gasteiger partial charge is 0.379 e. The Bertz CT molecular complexity index is 207. The number of ether oxygens (including phenoxy) is 1. The van der Waals surface area contributed by atoms with Crippen LogP contribution in [0.3, 0.4) is 0 Å². The molecule has 1 N–H and O–H groups in total. The molecular weight excluding hydrogens is 214 g/mol. The smallest absolute Gasteiger partial charge is 0.0594 e. The van der Waals surface area contributed by atoms with E-state index >= 15 is 0 Å². The summed E-state index contributed by atoms with van der Waals surface area (Å²) in [6.07, 6.45) is 2.57. The van der Waals surface area contributed by atoms with E-state index in [1.54, 1.807) is 0 Å². The summed E-state index contributed by atoms with van der Waals surface area (Å²) < 4.78 is 5.41. The standard InChI is InChI=1S/C13H27N3O/c1-2-4-14-5-7-15-6-3-13(12-15)16-8-10-17-11-9-16/h13-14H,2-12H2,1H3. The summed E-state index contributed by atoms with van der Waals surface area (Å²) in [5, 5.41) is 3.48. The van der Waals surface area contributed by atoms with E-state index in [9.17, 15) is 0 Å². The van der Waals surface area contributed by atoms with Gasteiger partial charge in [-0.3, -0.25) is 4.90 Å². The van der Waals surface area contributed by atoms with E-state index in [1.165, 1.54) is 32.5 Å². The molecule has 2 aliphatic heterocycles. The highest BCUT2D eigenvalue weighted by molar-refractivity contribution is 4.84. The van der Waals surface area contributed by atoms with Gasteiger partial charge in [0.1, 0.15) is 0 Å². The van der Waals surface area contributed by atoms with Crippen molar-refractivity contribution in [3.8, 4) is 0 Å². The van der Waals surface area contributed by atoms with Gasteiger partial charge in [0.25, 0.3) is 0 Å². The Balaban J connectivity index is 1.61. The third-order valence-electron chi connectivity index (χ3n) is 3.84. The molecule has 0 amide bonds. The summed E-state index contributed by atoms with van der Waals surface area (Å²) in [6, 6.07) is 0.782. The topological polar surface area (TPSA) is 27.7 Å². The quantitative estimate of drug-likeness (QED) is 0.681. The fraction of sp³-hybridized carbons (Fsp3) is 1.00. The van der Waals surface area contributed by atoms with Crippen LogP contribution in [0.15, 0.2) is 0 Å². The predicted molar refractivity (Wildman–Crippen MR) is 70.4 cm³/mol. The molecule has 100 valence electrons. The number of nitrogens with zero attached hydrogens (tertiary/aromatic N) is 2. The Hall–Kier alpha value is -0.160. The summed E-state index contributed by atoms with van der Waals surface area (Å²) in [7, 11) is 0. The van der Waals surface area contributed by atoms with Gasteiger partial charge in [0, 0.05) is 38.8 Å². The van der Waals surface area contributed by atoms with Crippen LogP contribution in [0, 0.1) is 0 Å². The minimum Gasteiger partial charge on any atom is -0.379 e. The lowest BCUT2D eigenvalue weighted by Crippen LogP contribution is -2.45. The fourth-order valence-electron chi connectivity index (χ4n) is 2.79. The van der Waals surface area contributed by atoms with Crippen molar-refractivity contribution < 1.29 is 4.74 Å². The second-order valence-electron chi connectivity index (χ2n) is 5.14. The Labute approximate surface area is 105 Å². The molecule has 2 rings (SSSR count). The van der Waals surface area contributed by atoms with Gasteiger partial charge in [-0.25, -0.2) is 0 Å². The first-order valence-corrected chi connectivity index (χ1v) is 7.15. The molecule has 2 aliphatic rings. The zero-order chi connectivity index (χ0) is 11.9. The highest BCUT2D eigenvalue weighted by Crippen LogP contribution is 2.16. The van der Waals surface area contributed by atoms with E-state index in [-0.39, 0.29) is 0 Å². The molecule has 0 spiro atoms. The molecule has 17 heavy (non-hydrogen) atoms. The zero-order valence-electron chi connectivity index (χ0n) is 11.2. The highest BCUT2D eigenvalue weighted by Gasteiger charge is 2.28. The van der Waals surface area contributed by atoms with Crippen molar-refractivity contribution in [3.63, 3.8) is 0 Å². The molecule has 0 bridgehead atoms. The minimum absolute atomic E-state index is 0.782. The van der Waals surface area contributed by atoms with Gasteiger partial charge in [-0.1, -0.05) is 6.92 Å². The third-order valence-corrected chi connectivity index (χ3v) is 3.84. The summed E-state index contributed by atoms with van der Waals surface area (Å²) in [5.41, 5.74) is 0. The van der Waals surface area contributed by atoms with Crippen LogP contribution in [0.1, 0.15) is 19.8 Å². The van der Waals surface area contributed by atoms with E-state index in [4.69, 9.17) is 4.74 Å². The van der Waals surface area contributed by atoms with E-state index in [2.05, 4.69) is 22.0 Å². The van der Waals surface area contributed by atoms with Crippen molar-refractivity contribution in [2.45, 2.75) is 25.8 Å². The first-order chi connectivity index (χ1) is 8.40. The van der Waals surface area contributed by atoms with Crippen molar-refractivity contribution in [1.29, 1.82) is 0 Å². The molecule has 4 heteroatoms. The predicted octanol–water partition coefficient (Wildman–Crippen LogP) is 0.393. The molecule has 0 radical (unpaired) electrons. The number of rotatable bonds is 6. The van der Waals surface area contributed by atoms with E-state index in [1.807, 2.05) is 0 Å². The Morgan fingerprint density at radius 2 is 2.00 bits per heavy atom. The van der Waals surface area contributed by atoms with Crippen molar-refractivity contribution in [1.82, 2.24) is 15.1 Å². The Morgan fingerprint density at radius 3 is 2.76 bits per heavy atom. The van der Waals surface area contributed by atoms with Crippen LogP contribution in [-0.2, 0) is 4.74 Å². The molecule has 2 fully saturated rings. The molecule has 2 saturated heterocycles. The van der Waals surface area contributed by atoms with Crippen molar-refractivity contribution in [2.75, 3.05) is 59.0 Å². The van der Waals surface area contributed by atoms with Crippen molar-refractivity contribution in [3.05, 3.63) is 0 Å².